The molecule has 39 heavy (non-hydrogen) atoms. The Balaban J connectivity index is 1.90. The first kappa shape index (κ1) is 27.8. The van der Waals surface area contributed by atoms with E-state index in [-0.39, 0.29) is 17.2 Å². The van der Waals surface area contributed by atoms with E-state index in [4.69, 9.17) is 24.3 Å². The maximum atomic E-state index is 13.7. The van der Waals surface area contributed by atoms with Crippen LogP contribution in [0.15, 0.2) is 62.9 Å². The van der Waals surface area contributed by atoms with Gasteiger partial charge in [0.25, 0.3) is 5.56 Å². The van der Waals surface area contributed by atoms with E-state index in [0.29, 0.717) is 32.5 Å². The molecule has 0 spiro atoms. The summed E-state index contributed by atoms with van der Waals surface area (Å²) in [5, 5.41) is 14.0. The van der Waals surface area contributed by atoms with E-state index in [1.807, 2.05) is 25.1 Å². The Bertz CT molecular complexity index is 1640. The number of fused-ring (bicyclic) bond motifs is 1. The number of benzene rings is 3. The number of carbonyl (C=O) groups is 1. The Morgan fingerprint density at radius 3 is 2.51 bits per heavy atom. The molecule has 9 nitrogen and oxygen atoms in total. The SMILES string of the molecule is COc1cc(C)c(-c2nc3ccccc3c(=O)n2N=Cc2cc(Br)c(OCC(=O)O)c(OC)c2)cc1C(C)C. The Morgan fingerprint density at radius 1 is 1.13 bits per heavy atom. The second kappa shape index (κ2) is 11.7. The highest BCUT2D eigenvalue weighted by Crippen LogP contribution is 2.37. The van der Waals surface area contributed by atoms with Crippen molar-refractivity contribution in [2.24, 2.45) is 5.10 Å². The predicted octanol–water partition coefficient (Wildman–Crippen LogP) is 5.62. The molecule has 3 aromatic carbocycles. The van der Waals surface area contributed by atoms with Crippen molar-refractivity contribution in [3.63, 3.8) is 0 Å². The molecule has 0 atom stereocenters. The average Bonchev–Trinajstić information content (AvgIpc) is 2.91. The van der Waals surface area contributed by atoms with Gasteiger partial charge in [0, 0.05) is 5.56 Å². The number of hydrogen-bond donors (Lipinski definition) is 1. The van der Waals surface area contributed by atoms with Gasteiger partial charge >= 0.3 is 5.97 Å². The van der Waals surface area contributed by atoms with E-state index in [0.717, 1.165) is 22.4 Å². The number of rotatable bonds is 9. The summed E-state index contributed by atoms with van der Waals surface area (Å²) in [6.45, 7) is 5.56. The predicted molar refractivity (Wildman–Crippen MR) is 154 cm³/mol. The maximum absolute atomic E-state index is 13.7. The zero-order valence-electron chi connectivity index (χ0n) is 22.2. The molecule has 0 saturated heterocycles. The molecule has 4 aromatic rings. The number of carboxylic acid groups (broad SMARTS) is 1. The minimum Gasteiger partial charge on any atom is -0.496 e. The highest BCUT2D eigenvalue weighted by atomic mass is 79.9. The Labute approximate surface area is 233 Å². The van der Waals surface area contributed by atoms with Crippen LogP contribution >= 0.6 is 15.9 Å². The zero-order chi connectivity index (χ0) is 28.3. The van der Waals surface area contributed by atoms with Crippen LogP contribution in [0.25, 0.3) is 22.3 Å². The van der Waals surface area contributed by atoms with Crippen LogP contribution in [0, 0.1) is 6.92 Å². The van der Waals surface area contributed by atoms with Gasteiger partial charge < -0.3 is 19.3 Å². The van der Waals surface area contributed by atoms with Crippen LogP contribution < -0.4 is 19.8 Å². The second-order valence-corrected chi connectivity index (χ2v) is 9.95. The van der Waals surface area contributed by atoms with Crippen LogP contribution in [-0.2, 0) is 4.79 Å². The minimum absolute atomic E-state index is 0.176. The topological polar surface area (TPSA) is 112 Å². The van der Waals surface area contributed by atoms with Gasteiger partial charge in [-0.2, -0.15) is 9.78 Å². The van der Waals surface area contributed by atoms with Crippen molar-refractivity contribution < 1.29 is 24.1 Å². The Hall–Kier alpha value is -4.18. The molecule has 4 rings (SSSR count). The van der Waals surface area contributed by atoms with Crippen molar-refractivity contribution >= 4 is 39.0 Å². The Kier molecular flexibility index (Phi) is 8.35. The largest absolute Gasteiger partial charge is 0.496 e. The fraction of sp³-hybridized carbons (Fsp3) is 0.241. The molecule has 0 aliphatic carbocycles. The number of aliphatic carboxylic acids is 1. The quantitative estimate of drug-likeness (QED) is 0.250. The molecule has 0 fully saturated rings. The average molecular weight is 594 g/mol. The molecule has 0 radical (unpaired) electrons. The molecule has 0 unspecified atom stereocenters. The highest BCUT2D eigenvalue weighted by molar-refractivity contribution is 9.10. The first-order valence-electron chi connectivity index (χ1n) is 12.1. The number of methoxy groups -OCH3 is 2. The van der Waals surface area contributed by atoms with Gasteiger partial charge in [-0.05, 0) is 81.9 Å². The molecule has 1 N–H and O–H groups in total. The normalized spacial score (nSPS) is 11.4. The van der Waals surface area contributed by atoms with Crippen molar-refractivity contribution in [2.75, 3.05) is 20.8 Å². The summed E-state index contributed by atoms with van der Waals surface area (Å²) in [5.74, 6) is 0.784. The fourth-order valence-corrected chi connectivity index (χ4v) is 4.76. The molecule has 0 amide bonds. The number of para-hydroxylation sites is 1. The third-order valence-corrected chi connectivity index (χ3v) is 6.70. The van der Waals surface area contributed by atoms with Crippen molar-refractivity contribution in [2.45, 2.75) is 26.7 Å². The van der Waals surface area contributed by atoms with Crippen LogP contribution in [0.4, 0.5) is 0 Å². The number of aryl methyl sites for hydroxylation is 1. The third kappa shape index (κ3) is 5.80. The van der Waals surface area contributed by atoms with E-state index < -0.39 is 12.6 Å². The molecule has 0 aliphatic rings. The molecule has 10 heteroatoms. The van der Waals surface area contributed by atoms with Crippen LogP contribution in [0.3, 0.4) is 0 Å². The number of hydrogen-bond acceptors (Lipinski definition) is 7. The third-order valence-electron chi connectivity index (χ3n) is 6.11. The smallest absolute Gasteiger partial charge is 0.341 e. The van der Waals surface area contributed by atoms with E-state index in [2.05, 4.69) is 34.9 Å². The highest BCUT2D eigenvalue weighted by Gasteiger charge is 2.19. The van der Waals surface area contributed by atoms with Gasteiger partial charge in [0.15, 0.2) is 23.9 Å². The summed E-state index contributed by atoms with van der Waals surface area (Å²) in [5.41, 5.74) is 3.46. The summed E-state index contributed by atoms with van der Waals surface area (Å²) >= 11 is 3.41. The van der Waals surface area contributed by atoms with Crippen molar-refractivity contribution in [3.05, 3.63) is 80.0 Å². The monoisotopic (exact) mass is 593 g/mol. The summed E-state index contributed by atoms with van der Waals surface area (Å²) < 4.78 is 18.1. The van der Waals surface area contributed by atoms with Gasteiger partial charge in [-0.15, -0.1) is 0 Å². The number of aromatic nitrogens is 2. The zero-order valence-corrected chi connectivity index (χ0v) is 23.8. The Morgan fingerprint density at radius 2 is 1.85 bits per heavy atom. The van der Waals surface area contributed by atoms with Crippen LogP contribution in [0.5, 0.6) is 17.2 Å². The summed E-state index contributed by atoms with van der Waals surface area (Å²) in [4.78, 5) is 29.5. The lowest BCUT2D eigenvalue weighted by atomic mass is 9.96. The molecule has 0 bridgehead atoms. The van der Waals surface area contributed by atoms with Gasteiger partial charge in [-0.3, -0.25) is 4.79 Å². The second-order valence-electron chi connectivity index (χ2n) is 9.09. The number of nitrogens with zero attached hydrogens (tertiary/aromatic N) is 3. The first-order valence-corrected chi connectivity index (χ1v) is 12.9. The molecule has 1 aromatic heterocycles. The number of carboxylic acids is 1. The van der Waals surface area contributed by atoms with Gasteiger partial charge in [0.1, 0.15) is 5.75 Å². The molecule has 1 heterocycles. The van der Waals surface area contributed by atoms with Crippen molar-refractivity contribution in [1.82, 2.24) is 9.66 Å². The van der Waals surface area contributed by atoms with E-state index in [1.54, 1.807) is 37.4 Å². The minimum atomic E-state index is -1.11. The number of ether oxygens (including phenoxy) is 3. The molecule has 0 aliphatic heterocycles. The fourth-order valence-electron chi connectivity index (χ4n) is 4.18. The van der Waals surface area contributed by atoms with Crippen LogP contribution in [0.1, 0.15) is 36.5 Å². The van der Waals surface area contributed by atoms with E-state index >= 15 is 0 Å². The summed E-state index contributed by atoms with van der Waals surface area (Å²) in [7, 11) is 3.09. The van der Waals surface area contributed by atoms with Gasteiger partial charge in [-0.1, -0.05) is 26.0 Å². The maximum Gasteiger partial charge on any atom is 0.341 e. The standard InChI is InChI=1S/C29H28BrN3O6/c1-16(2)20-13-21(17(3)10-24(20)37-4)28-32-23-9-7-6-8-19(23)29(36)33(28)31-14-18-11-22(30)27(25(12-18)38-5)39-15-26(34)35/h6-14,16H,15H2,1-5H3,(H,34,35). The lowest BCUT2D eigenvalue weighted by Gasteiger charge is -2.17. The summed E-state index contributed by atoms with van der Waals surface area (Å²) in [6, 6.07) is 14.4. The molecular weight excluding hydrogens is 566 g/mol. The van der Waals surface area contributed by atoms with Crippen LogP contribution in [-0.4, -0.2) is 47.8 Å². The van der Waals surface area contributed by atoms with E-state index in [9.17, 15) is 9.59 Å². The first-order chi connectivity index (χ1) is 18.6. The van der Waals surface area contributed by atoms with Crippen LogP contribution in [0.2, 0.25) is 0 Å². The van der Waals surface area contributed by atoms with Gasteiger partial charge in [0.2, 0.25) is 0 Å². The molecule has 0 saturated carbocycles. The van der Waals surface area contributed by atoms with Crippen molar-refractivity contribution in [1.29, 1.82) is 0 Å². The van der Waals surface area contributed by atoms with Crippen molar-refractivity contribution in [3.8, 4) is 28.6 Å². The number of halogens is 1. The lowest BCUT2D eigenvalue weighted by Crippen LogP contribution is -2.21. The summed E-state index contributed by atoms with van der Waals surface area (Å²) in [6.07, 6.45) is 1.51. The van der Waals surface area contributed by atoms with E-state index in [1.165, 1.54) is 18.0 Å². The van der Waals surface area contributed by atoms with Gasteiger partial charge in [0.05, 0.1) is 35.8 Å². The molecular formula is C29H28BrN3O6. The van der Waals surface area contributed by atoms with Gasteiger partial charge in [-0.25, -0.2) is 9.78 Å². The lowest BCUT2D eigenvalue weighted by molar-refractivity contribution is -0.139. The molecule has 202 valence electrons.